The third-order valence-corrected chi connectivity index (χ3v) is 2.61. The molecule has 0 atom stereocenters. The molecule has 13 heavy (non-hydrogen) atoms. The molecular weight excluding hydrogens is 202 g/mol. The molecule has 0 heterocycles. The number of thioether (sulfide) groups is 1. The Bertz CT molecular complexity index is 301. The Kier molecular flexibility index (Phi) is 4.18. The van der Waals surface area contributed by atoms with Crippen LogP contribution in [0.3, 0.4) is 0 Å². The lowest BCUT2D eigenvalue weighted by atomic mass is 10.3. The molecule has 2 nitrogen and oxygen atoms in total. The van der Waals surface area contributed by atoms with E-state index in [2.05, 4.69) is 17.9 Å². The number of para-hydroxylation sites is 1. The third-order valence-electron chi connectivity index (χ3n) is 1.52. The summed E-state index contributed by atoms with van der Waals surface area (Å²) < 4.78 is 0. The van der Waals surface area contributed by atoms with Gasteiger partial charge in [0.1, 0.15) is 0 Å². The van der Waals surface area contributed by atoms with Gasteiger partial charge in [-0.3, -0.25) is 4.79 Å². The first-order valence-electron chi connectivity index (χ1n) is 3.81. The topological polar surface area (TPSA) is 29.1 Å². The van der Waals surface area contributed by atoms with Crippen LogP contribution in [0.4, 0.5) is 5.69 Å². The SMILES string of the molecule is CSc1ccccc1NC(=O)CS. The molecule has 1 N–H and O–H groups in total. The van der Waals surface area contributed by atoms with E-state index in [1.165, 1.54) is 0 Å². The summed E-state index contributed by atoms with van der Waals surface area (Å²) >= 11 is 5.50. The minimum absolute atomic E-state index is 0.0789. The largest absolute Gasteiger partial charge is 0.324 e. The van der Waals surface area contributed by atoms with Gasteiger partial charge in [-0.2, -0.15) is 12.6 Å². The van der Waals surface area contributed by atoms with E-state index in [0.717, 1.165) is 10.6 Å². The van der Waals surface area contributed by atoms with Crippen LogP contribution < -0.4 is 5.32 Å². The van der Waals surface area contributed by atoms with Gasteiger partial charge in [0, 0.05) is 4.90 Å². The summed E-state index contributed by atoms with van der Waals surface area (Å²) in [6.45, 7) is 0. The van der Waals surface area contributed by atoms with E-state index >= 15 is 0 Å². The van der Waals surface area contributed by atoms with E-state index in [1.54, 1.807) is 11.8 Å². The molecule has 70 valence electrons. The molecule has 0 saturated carbocycles. The van der Waals surface area contributed by atoms with Crippen LogP contribution in [0, 0.1) is 0 Å². The summed E-state index contributed by atoms with van der Waals surface area (Å²) in [5.41, 5.74) is 0.856. The first-order valence-corrected chi connectivity index (χ1v) is 5.67. The Balaban J connectivity index is 2.81. The highest BCUT2D eigenvalue weighted by Crippen LogP contribution is 2.24. The number of carbonyl (C=O) groups is 1. The molecule has 0 spiro atoms. The number of nitrogens with one attached hydrogen (secondary N) is 1. The van der Waals surface area contributed by atoms with Crippen LogP contribution in [0.25, 0.3) is 0 Å². The molecule has 0 aliphatic heterocycles. The Morgan fingerprint density at radius 1 is 1.54 bits per heavy atom. The van der Waals surface area contributed by atoms with Crippen LogP contribution in [0.5, 0.6) is 0 Å². The highest BCUT2D eigenvalue weighted by molar-refractivity contribution is 7.98. The van der Waals surface area contributed by atoms with Crippen molar-refractivity contribution in [3.63, 3.8) is 0 Å². The van der Waals surface area contributed by atoms with Gasteiger partial charge in [0.15, 0.2) is 0 Å². The molecule has 0 bridgehead atoms. The van der Waals surface area contributed by atoms with Gasteiger partial charge in [-0.15, -0.1) is 11.8 Å². The van der Waals surface area contributed by atoms with Gasteiger partial charge in [-0.25, -0.2) is 0 Å². The van der Waals surface area contributed by atoms with Crippen molar-refractivity contribution in [2.75, 3.05) is 17.3 Å². The fourth-order valence-corrected chi connectivity index (χ4v) is 1.57. The Hall–Kier alpha value is -0.610. The quantitative estimate of drug-likeness (QED) is 0.596. The smallest absolute Gasteiger partial charge is 0.234 e. The highest BCUT2D eigenvalue weighted by atomic mass is 32.2. The second kappa shape index (κ2) is 5.19. The zero-order chi connectivity index (χ0) is 9.68. The van der Waals surface area contributed by atoms with Crippen LogP contribution in [0.2, 0.25) is 0 Å². The third kappa shape index (κ3) is 2.97. The summed E-state index contributed by atoms with van der Waals surface area (Å²) in [6, 6.07) is 7.70. The second-order valence-corrected chi connectivity index (χ2v) is 3.57. The molecular formula is C9H11NOS2. The summed E-state index contributed by atoms with van der Waals surface area (Å²) in [5, 5.41) is 2.77. The van der Waals surface area contributed by atoms with E-state index in [9.17, 15) is 4.79 Å². The van der Waals surface area contributed by atoms with E-state index < -0.39 is 0 Å². The maximum Gasteiger partial charge on any atom is 0.234 e. The molecule has 0 aliphatic carbocycles. The monoisotopic (exact) mass is 213 g/mol. The van der Waals surface area contributed by atoms with Gasteiger partial charge in [0.05, 0.1) is 11.4 Å². The zero-order valence-electron chi connectivity index (χ0n) is 7.28. The van der Waals surface area contributed by atoms with E-state index in [1.807, 2.05) is 30.5 Å². The van der Waals surface area contributed by atoms with E-state index in [-0.39, 0.29) is 11.7 Å². The van der Waals surface area contributed by atoms with Gasteiger partial charge in [-0.1, -0.05) is 12.1 Å². The van der Waals surface area contributed by atoms with Crippen molar-refractivity contribution in [3.8, 4) is 0 Å². The molecule has 1 amide bonds. The van der Waals surface area contributed by atoms with Gasteiger partial charge in [0.25, 0.3) is 0 Å². The predicted molar refractivity (Wildman–Crippen MR) is 60.7 cm³/mol. The molecule has 1 aromatic carbocycles. The molecule has 0 fully saturated rings. The fraction of sp³-hybridized carbons (Fsp3) is 0.222. The number of carbonyl (C=O) groups excluding carboxylic acids is 1. The lowest BCUT2D eigenvalue weighted by Crippen LogP contribution is -2.13. The second-order valence-electron chi connectivity index (χ2n) is 2.41. The van der Waals surface area contributed by atoms with E-state index in [0.29, 0.717) is 0 Å². The van der Waals surface area contributed by atoms with Crippen LogP contribution in [-0.4, -0.2) is 17.9 Å². The minimum atomic E-state index is -0.0789. The van der Waals surface area contributed by atoms with Gasteiger partial charge >= 0.3 is 0 Å². The number of thiol groups is 1. The number of hydrogen-bond donors (Lipinski definition) is 2. The van der Waals surface area contributed by atoms with Crippen LogP contribution in [0.1, 0.15) is 0 Å². The normalized spacial score (nSPS) is 9.69. The Morgan fingerprint density at radius 3 is 2.85 bits per heavy atom. The number of hydrogen-bond acceptors (Lipinski definition) is 3. The number of rotatable bonds is 3. The fourth-order valence-electron chi connectivity index (χ4n) is 0.938. The van der Waals surface area contributed by atoms with Gasteiger partial charge < -0.3 is 5.32 Å². The summed E-state index contributed by atoms with van der Waals surface area (Å²) in [6.07, 6.45) is 1.98. The average Bonchev–Trinajstić information content (AvgIpc) is 2.18. The van der Waals surface area contributed by atoms with Gasteiger partial charge in [-0.05, 0) is 18.4 Å². The Morgan fingerprint density at radius 2 is 2.23 bits per heavy atom. The summed E-state index contributed by atoms with van der Waals surface area (Å²) in [4.78, 5) is 12.1. The molecule has 0 aliphatic rings. The van der Waals surface area contributed by atoms with Gasteiger partial charge in [0.2, 0.25) is 5.91 Å². The van der Waals surface area contributed by atoms with Crippen molar-refractivity contribution in [2.45, 2.75) is 4.90 Å². The van der Waals surface area contributed by atoms with Crippen molar-refractivity contribution < 1.29 is 4.79 Å². The minimum Gasteiger partial charge on any atom is -0.324 e. The number of amides is 1. The molecule has 1 rings (SSSR count). The van der Waals surface area contributed by atoms with Crippen LogP contribution >= 0.6 is 24.4 Å². The average molecular weight is 213 g/mol. The molecule has 0 radical (unpaired) electrons. The van der Waals surface area contributed by atoms with E-state index in [4.69, 9.17) is 0 Å². The first-order chi connectivity index (χ1) is 6.27. The maximum absolute atomic E-state index is 11.1. The summed E-state index contributed by atoms with van der Waals surface area (Å²) in [5.74, 6) is 0.132. The van der Waals surface area contributed by atoms with Crippen molar-refractivity contribution >= 4 is 36.0 Å². The van der Waals surface area contributed by atoms with Crippen molar-refractivity contribution in [1.82, 2.24) is 0 Å². The standard InChI is InChI=1S/C9H11NOS2/c1-13-8-5-3-2-4-7(8)10-9(11)6-12/h2-5,12H,6H2,1H3,(H,10,11). The number of anilines is 1. The van der Waals surface area contributed by atoms with Crippen LogP contribution in [-0.2, 0) is 4.79 Å². The zero-order valence-corrected chi connectivity index (χ0v) is 8.99. The van der Waals surface area contributed by atoms with Crippen LogP contribution in [0.15, 0.2) is 29.2 Å². The van der Waals surface area contributed by atoms with Crippen molar-refractivity contribution in [2.24, 2.45) is 0 Å². The van der Waals surface area contributed by atoms with Crippen molar-refractivity contribution in [1.29, 1.82) is 0 Å². The molecule has 0 saturated heterocycles. The summed E-state index contributed by atoms with van der Waals surface area (Å²) in [7, 11) is 0. The molecule has 4 heteroatoms. The lowest BCUT2D eigenvalue weighted by molar-refractivity contribution is -0.113. The first kappa shape index (κ1) is 10.5. The molecule has 0 unspecified atom stereocenters. The van der Waals surface area contributed by atoms with Crippen molar-refractivity contribution in [3.05, 3.63) is 24.3 Å². The predicted octanol–water partition coefficient (Wildman–Crippen LogP) is 2.28. The lowest BCUT2D eigenvalue weighted by Gasteiger charge is -2.07. The highest BCUT2D eigenvalue weighted by Gasteiger charge is 2.02. The number of benzene rings is 1. The molecule has 1 aromatic rings. The maximum atomic E-state index is 11.1. The molecule has 0 aromatic heterocycles. The Labute approximate surface area is 87.5 Å².